The van der Waals surface area contributed by atoms with E-state index < -0.39 is 0 Å². The Labute approximate surface area is 63.8 Å². The minimum Gasteiger partial charge on any atom is -0.164 e. The van der Waals surface area contributed by atoms with Crippen LogP contribution >= 0.6 is 20.2 Å². The van der Waals surface area contributed by atoms with Gasteiger partial charge in [-0.25, -0.2) is 0 Å². The van der Waals surface area contributed by atoms with Crippen LogP contribution in [0.3, 0.4) is 0 Å². The zero-order valence-electron chi connectivity index (χ0n) is 6.09. The highest BCUT2D eigenvalue weighted by atomic mass is 32.1. The van der Waals surface area contributed by atoms with E-state index in [0.29, 0.717) is 4.75 Å². The zero-order chi connectivity index (χ0) is 6.91. The second-order valence-corrected chi connectivity index (χ2v) is 5.93. The van der Waals surface area contributed by atoms with Crippen molar-refractivity contribution in [1.29, 1.82) is 0 Å². The van der Waals surface area contributed by atoms with Crippen LogP contribution in [0.25, 0.3) is 0 Å². The Bertz CT molecular complexity index is 142. The highest BCUT2D eigenvalue weighted by Gasteiger charge is 2.32. The predicted molar refractivity (Wildman–Crippen MR) is 50.4 cm³/mol. The van der Waals surface area contributed by atoms with E-state index in [1.807, 2.05) is 0 Å². The first-order valence-electron chi connectivity index (χ1n) is 3.45. The third-order valence-corrected chi connectivity index (χ3v) is 4.71. The predicted octanol–water partition coefficient (Wildman–Crippen LogP) is 2.38. The zero-order valence-corrected chi connectivity index (χ0v) is 7.88. The molecular formula is C7H14PS+. The third kappa shape index (κ3) is 1.72. The largest absolute Gasteiger partial charge is 0.164 e. The average Bonchev–Trinajstić information content (AvgIpc) is 2.13. The van der Waals surface area contributed by atoms with Gasteiger partial charge < -0.3 is 0 Å². The van der Waals surface area contributed by atoms with E-state index >= 15 is 0 Å². The lowest BCUT2D eigenvalue weighted by atomic mass is 10.1. The molecule has 1 aliphatic heterocycles. The van der Waals surface area contributed by atoms with Crippen LogP contribution in [-0.4, -0.2) is 23.4 Å². The van der Waals surface area contributed by atoms with Gasteiger partial charge in [0.1, 0.15) is 12.0 Å². The van der Waals surface area contributed by atoms with Crippen LogP contribution in [-0.2, 0) is 0 Å². The minimum absolute atomic E-state index is 0.240. The summed E-state index contributed by atoms with van der Waals surface area (Å²) < 4.78 is 0.306. The van der Waals surface area contributed by atoms with E-state index in [4.69, 9.17) is 0 Å². The SMILES string of the molecule is CCC1(S)C=[P+](C)CC1. The van der Waals surface area contributed by atoms with Gasteiger partial charge in [-0.05, 0) is 6.42 Å². The molecule has 1 aliphatic rings. The summed E-state index contributed by atoms with van der Waals surface area (Å²) in [5, 5.41) is 0. The maximum Gasteiger partial charge on any atom is 0.107 e. The van der Waals surface area contributed by atoms with E-state index in [-0.39, 0.29) is 7.55 Å². The fourth-order valence-electron chi connectivity index (χ4n) is 1.18. The molecule has 0 amide bonds. The van der Waals surface area contributed by atoms with Crippen molar-refractivity contribution in [2.24, 2.45) is 0 Å². The van der Waals surface area contributed by atoms with Crippen LogP contribution in [0.1, 0.15) is 19.8 Å². The van der Waals surface area contributed by atoms with Crippen molar-refractivity contribution in [2.45, 2.75) is 24.5 Å². The first-order valence-corrected chi connectivity index (χ1v) is 5.94. The van der Waals surface area contributed by atoms with Crippen LogP contribution in [0.4, 0.5) is 0 Å². The topological polar surface area (TPSA) is 0 Å². The molecule has 0 aromatic rings. The van der Waals surface area contributed by atoms with Crippen molar-refractivity contribution in [2.75, 3.05) is 12.8 Å². The molecule has 2 unspecified atom stereocenters. The Kier molecular flexibility index (Phi) is 2.23. The molecule has 0 saturated heterocycles. The lowest BCUT2D eigenvalue weighted by molar-refractivity contribution is 0.732. The summed E-state index contributed by atoms with van der Waals surface area (Å²) in [6.45, 7) is 4.56. The van der Waals surface area contributed by atoms with Gasteiger partial charge in [0, 0.05) is 6.42 Å². The van der Waals surface area contributed by atoms with Gasteiger partial charge in [-0.1, -0.05) is 6.92 Å². The molecule has 52 valence electrons. The van der Waals surface area contributed by atoms with Crippen molar-refractivity contribution >= 4 is 26.0 Å². The monoisotopic (exact) mass is 161 g/mol. The molecule has 1 heterocycles. The Hall–Kier alpha value is 0.520. The summed E-state index contributed by atoms with van der Waals surface area (Å²) in [5.41, 5.74) is 0. The maximum atomic E-state index is 4.60. The highest BCUT2D eigenvalue weighted by molar-refractivity contribution is 7.84. The summed E-state index contributed by atoms with van der Waals surface area (Å²) in [6.07, 6.45) is 3.89. The molecule has 9 heavy (non-hydrogen) atoms. The summed E-state index contributed by atoms with van der Waals surface area (Å²) in [5.74, 6) is 2.45. The Balaban J connectivity index is 2.64. The molecule has 0 aromatic carbocycles. The van der Waals surface area contributed by atoms with Crippen molar-refractivity contribution < 1.29 is 0 Å². The summed E-state index contributed by atoms with van der Waals surface area (Å²) in [4.78, 5) is 0. The van der Waals surface area contributed by atoms with Gasteiger partial charge in [0.15, 0.2) is 0 Å². The molecule has 0 radical (unpaired) electrons. The Morgan fingerprint density at radius 1 is 1.78 bits per heavy atom. The van der Waals surface area contributed by atoms with Gasteiger partial charge in [0.25, 0.3) is 0 Å². The smallest absolute Gasteiger partial charge is 0.107 e. The second kappa shape index (κ2) is 2.64. The number of thiol groups is 1. The summed E-state index contributed by atoms with van der Waals surface area (Å²) in [7, 11) is 0.240. The van der Waals surface area contributed by atoms with Gasteiger partial charge in [0.2, 0.25) is 0 Å². The first kappa shape index (κ1) is 7.63. The first-order chi connectivity index (χ1) is 4.16. The molecule has 0 fully saturated rings. The number of rotatable bonds is 1. The molecule has 2 heteroatoms. The van der Waals surface area contributed by atoms with Crippen LogP contribution in [0.2, 0.25) is 0 Å². The molecule has 0 aromatic heterocycles. The molecule has 2 atom stereocenters. The number of hydrogen-bond acceptors (Lipinski definition) is 1. The fourth-order valence-corrected chi connectivity index (χ4v) is 4.07. The quantitative estimate of drug-likeness (QED) is 0.443. The van der Waals surface area contributed by atoms with Crippen molar-refractivity contribution in [3.05, 3.63) is 0 Å². The van der Waals surface area contributed by atoms with Gasteiger partial charge in [0.05, 0.1) is 19.0 Å². The maximum absolute atomic E-state index is 4.60. The molecule has 0 bridgehead atoms. The third-order valence-electron chi connectivity index (χ3n) is 1.97. The lowest BCUT2D eigenvalue weighted by Gasteiger charge is -2.11. The fraction of sp³-hybridized carbons (Fsp3) is 0.857. The second-order valence-electron chi connectivity index (χ2n) is 2.82. The molecule has 0 aliphatic carbocycles. The lowest BCUT2D eigenvalue weighted by Crippen LogP contribution is -2.17. The summed E-state index contributed by atoms with van der Waals surface area (Å²) in [6, 6.07) is 0. The van der Waals surface area contributed by atoms with E-state index in [2.05, 4.69) is 32.0 Å². The van der Waals surface area contributed by atoms with Gasteiger partial charge >= 0.3 is 0 Å². The molecule has 0 saturated carbocycles. The molecule has 0 spiro atoms. The Morgan fingerprint density at radius 3 is 2.67 bits per heavy atom. The van der Waals surface area contributed by atoms with E-state index in [9.17, 15) is 0 Å². The van der Waals surface area contributed by atoms with Gasteiger partial charge in [-0.2, -0.15) is 12.6 Å². The van der Waals surface area contributed by atoms with E-state index in [1.165, 1.54) is 19.0 Å². The van der Waals surface area contributed by atoms with E-state index in [1.54, 1.807) is 0 Å². The van der Waals surface area contributed by atoms with Crippen LogP contribution in [0, 0.1) is 0 Å². The van der Waals surface area contributed by atoms with Crippen LogP contribution < -0.4 is 0 Å². The van der Waals surface area contributed by atoms with Crippen molar-refractivity contribution in [3.63, 3.8) is 0 Å². The standard InChI is InChI=1S/C7H13PS/c1-3-7(9)4-5-8(2)6-7/h6H,3-5H2,1-2H3/p+1. The van der Waals surface area contributed by atoms with Crippen LogP contribution in [0.15, 0.2) is 0 Å². The molecular weight excluding hydrogens is 147 g/mol. The average molecular weight is 161 g/mol. The molecule has 1 rings (SSSR count). The summed E-state index contributed by atoms with van der Waals surface area (Å²) >= 11 is 4.60. The number of hydrogen-bond donors (Lipinski definition) is 1. The normalized spacial score (nSPS) is 38.8. The molecule has 0 N–H and O–H groups in total. The van der Waals surface area contributed by atoms with Gasteiger partial charge in [-0.15, -0.1) is 0 Å². The van der Waals surface area contributed by atoms with Gasteiger partial charge in [-0.3, -0.25) is 0 Å². The minimum atomic E-state index is 0.240. The highest BCUT2D eigenvalue weighted by Crippen LogP contribution is 2.37. The van der Waals surface area contributed by atoms with Crippen LogP contribution in [0.5, 0.6) is 0 Å². The van der Waals surface area contributed by atoms with E-state index in [0.717, 1.165) is 0 Å². The van der Waals surface area contributed by atoms with Crippen molar-refractivity contribution in [3.8, 4) is 0 Å². The van der Waals surface area contributed by atoms with Crippen molar-refractivity contribution in [1.82, 2.24) is 0 Å². The Morgan fingerprint density at radius 2 is 2.44 bits per heavy atom. The molecule has 0 nitrogen and oxygen atoms in total.